The number of fused-ring (bicyclic) bond motifs is 1. The molecule has 2 aromatic heterocycles. The number of benzene rings is 2. The molecule has 0 spiro atoms. The molecule has 0 fully saturated rings. The summed E-state index contributed by atoms with van der Waals surface area (Å²) in [4.78, 5) is 9.20. The molecule has 2 aromatic carbocycles. The highest BCUT2D eigenvalue weighted by Gasteiger charge is 2.30. The molecular formula is C25H24F4N4OS. The molecule has 0 amide bonds. The maximum atomic E-state index is 13.6. The van der Waals surface area contributed by atoms with Crippen LogP contribution in [0.25, 0.3) is 21.2 Å². The third kappa shape index (κ3) is 5.77. The molecule has 0 unspecified atom stereocenters. The third-order valence-electron chi connectivity index (χ3n) is 5.82. The van der Waals surface area contributed by atoms with Crippen LogP contribution in [0, 0.1) is 5.95 Å². The first-order valence-electron chi connectivity index (χ1n) is 10.9. The van der Waals surface area contributed by atoms with Crippen molar-refractivity contribution < 1.29 is 22.3 Å². The van der Waals surface area contributed by atoms with Gasteiger partial charge in [0.2, 0.25) is 5.95 Å². The smallest absolute Gasteiger partial charge is 0.378 e. The van der Waals surface area contributed by atoms with Crippen molar-refractivity contribution in [3.8, 4) is 10.4 Å². The van der Waals surface area contributed by atoms with Crippen molar-refractivity contribution in [3.05, 3.63) is 77.5 Å². The largest absolute Gasteiger partial charge is 0.416 e. The Morgan fingerprint density at radius 3 is 2.51 bits per heavy atom. The molecule has 2 heterocycles. The number of methoxy groups -OCH3 is 1. The number of ether oxygens (including phenoxy) is 1. The van der Waals surface area contributed by atoms with Gasteiger partial charge in [0.15, 0.2) is 5.13 Å². The van der Waals surface area contributed by atoms with Gasteiger partial charge >= 0.3 is 6.18 Å². The number of hydrogen-bond acceptors (Lipinski definition) is 6. The highest BCUT2D eigenvalue weighted by molar-refractivity contribution is 7.19. The fourth-order valence-corrected chi connectivity index (χ4v) is 4.72. The van der Waals surface area contributed by atoms with E-state index in [0.29, 0.717) is 18.3 Å². The summed E-state index contributed by atoms with van der Waals surface area (Å²) in [6, 6.07) is 11.8. The molecule has 184 valence electrons. The number of aromatic nitrogens is 2. The first-order valence-corrected chi connectivity index (χ1v) is 11.7. The molecule has 3 N–H and O–H groups in total. The molecule has 0 saturated carbocycles. The summed E-state index contributed by atoms with van der Waals surface area (Å²) in [6.07, 6.45) is -2.88. The van der Waals surface area contributed by atoms with Crippen LogP contribution < -0.4 is 11.1 Å². The lowest BCUT2D eigenvalue weighted by Crippen LogP contribution is -2.34. The van der Waals surface area contributed by atoms with E-state index in [1.807, 2.05) is 25.1 Å². The molecule has 4 aromatic rings. The van der Waals surface area contributed by atoms with E-state index in [4.69, 9.17) is 10.5 Å². The Bertz CT molecular complexity index is 1310. The van der Waals surface area contributed by atoms with Crippen LogP contribution in [0.1, 0.15) is 29.7 Å². The summed E-state index contributed by atoms with van der Waals surface area (Å²) < 4.78 is 57.4. The second-order valence-corrected chi connectivity index (χ2v) is 9.25. The zero-order valence-electron chi connectivity index (χ0n) is 19.1. The van der Waals surface area contributed by atoms with Gasteiger partial charge in [-0.1, -0.05) is 42.5 Å². The summed E-state index contributed by atoms with van der Waals surface area (Å²) in [5.74, 6) is -0.721. The van der Waals surface area contributed by atoms with Gasteiger partial charge in [0.1, 0.15) is 0 Å². The van der Waals surface area contributed by atoms with Gasteiger partial charge in [0.05, 0.1) is 22.7 Å². The average molecular weight is 505 g/mol. The standard InChI is InChI=1S/C25H24F4N4OS/c1-14(15-5-7-19(8-6-15)25(27,28)29)20(30)12-32-24-33-21(13-34-2)23(35-24)16-3-4-17-11-31-22(26)10-18(17)9-16/h3-11,14,20H,12-13,30H2,1-2H3,(H,32,33)/t14-,20-/m0/s1. The Labute approximate surface area is 204 Å². The van der Waals surface area contributed by atoms with Crippen LogP contribution in [0.5, 0.6) is 0 Å². The predicted octanol–water partition coefficient (Wildman–Crippen LogP) is 6.21. The van der Waals surface area contributed by atoms with Crippen LogP contribution in [0.15, 0.2) is 54.7 Å². The number of nitrogens with zero attached hydrogens (tertiary/aromatic N) is 2. The highest BCUT2D eigenvalue weighted by Crippen LogP contribution is 2.35. The van der Waals surface area contributed by atoms with Crippen molar-refractivity contribution in [3.63, 3.8) is 0 Å². The SMILES string of the molecule is COCc1nc(NC[C@H](N)[C@@H](C)c2ccc(C(F)(F)F)cc2)sc1-c1ccc2cnc(F)cc2c1. The van der Waals surface area contributed by atoms with Crippen LogP contribution >= 0.6 is 11.3 Å². The van der Waals surface area contributed by atoms with E-state index in [-0.39, 0.29) is 12.0 Å². The second-order valence-electron chi connectivity index (χ2n) is 8.25. The normalized spacial score (nSPS) is 13.7. The Hall–Kier alpha value is -3.08. The fourth-order valence-electron chi connectivity index (χ4n) is 3.75. The van der Waals surface area contributed by atoms with Gasteiger partial charge in [0.25, 0.3) is 0 Å². The van der Waals surface area contributed by atoms with Crippen LogP contribution in [-0.2, 0) is 17.5 Å². The lowest BCUT2D eigenvalue weighted by molar-refractivity contribution is -0.137. The van der Waals surface area contributed by atoms with Crippen LogP contribution in [0.2, 0.25) is 0 Å². The molecule has 5 nitrogen and oxygen atoms in total. The lowest BCUT2D eigenvalue weighted by atomic mass is 9.93. The number of hydrogen-bond donors (Lipinski definition) is 2. The van der Waals surface area contributed by atoms with E-state index >= 15 is 0 Å². The van der Waals surface area contributed by atoms with Crippen LogP contribution in [0.4, 0.5) is 22.7 Å². The number of anilines is 1. The van der Waals surface area contributed by atoms with E-state index in [1.54, 1.807) is 7.11 Å². The minimum absolute atomic E-state index is 0.174. The Kier molecular flexibility index (Phi) is 7.34. The van der Waals surface area contributed by atoms with Crippen molar-refractivity contribution in [1.29, 1.82) is 0 Å². The topological polar surface area (TPSA) is 73.1 Å². The summed E-state index contributed by atoms with van der Waals surface area (Å²) in [5, 5.41) is 5.44. The summed E-state index contributed by atoms with van der Waals surface area (Å²) in [5.41, 5.74) is 7.99. The van der Waals surface area contributed by atoms with Crippen molar-refractivity contribution in [2.75, 3.05) is 19.0 Å². The second kappa shape index (κ2) is 10.3. The monoisotopic (exact) mass is 504 g/mol. The van der Waals surface area contributed by atoms with Gasteiger partial charge in [-0.25, -0.2) is 9.97 Å². The van der Waals surface area contributed by atoms with E-state index in [1.165, 1.54) is 35.7 Å². The Morgan fingerprint density at radius 2 is 1.83 bits per heavy atom. The first kappa shape index (κ1) is 25.0. The highest BCUT2D eigenvalue weighted by atomic mass is 32.1. The molecule has 0 aliphatic rings. The number of nitrogens with two attached hydrogens (primary N) is 1. The number of thiazole rings is 1. The summed E-state index contributed by atoms with van der Waals surface area (Å²) in [6.45, 7) is 2.54. The van der Waals surface area contributed by atoms with Crippen molar-refractivity contribution >= 4 is 27.2 Å². The molecule has 0 radical (unpaired) electrons. The Balaban J connectivity index is 1.49. The predicted molar refractivity (Wildman–Crippen MR) is 130 cm³/mol. The maximum absolute atomic E-state index is 13.6. The molecule has 35 heavy (non-hydrogen) atoms. The Morgan fingerprint density at radius 1 is 1.09 bits per heavy atom. The van der Waals surface area contributed by atoms with E-state index in [9.17, 15) is 17.6 Å². The molecule has 10 heteroatoms. The first-order chi connectivity index (χ1) is 16.7. The van der Waals surface area contributed by atoms with Crippen molar-refractivity contribution in [2.45, 2.75) is 31.7 Å². The average Bonchev–Trinajstić information content (AvgIpc) is 3.24. The zero-order valence-corrected chi connectivity index (χ0v) is 19.9. The molecule has 4 rings (SSSR count). The number of nitrogens with one attached hydrogen (secondary N) is 1. The minimum atomic E-state index is -4.37. The minimum Gasteiger partial charge on any atom is -0.378 e. The van der Waals surface area contributed by atoms with Gasteiger partial charge in [0, 0.05) is 37.3 Å². The summed E-state index contributed by atoms with van der Waals surface area (Å²) >= 11 is 1.43. The van der Waals surface area contributed by atoms with Crippen molar-refractivity contribution in [2.24, 2.45) is 5.73 Å². The lowest BCUT2D eigenvalue weighted by Gasteiger charge is -2.21. The number of pyridine rings is 1. The maximum Gasteiger partial charge on any atom is 0.416 e. The third-order valence-corrected chi connectivity index (χ3v) is 6.93. The van der Waals surface area contributed by atoms with Gasteiger partial charge in [-0.3, -0.25) is 0 Å². The van der Waals surface area contributed by atoms with Gasteiger partial charge < -0.3 is 15.8 Å². The van der Waals surface area contributed by atoms with Gasteiger partial charge in [-0.05, 0) is 40.6 Å². The van der Waals surface area contributed by atoms with E-state index < -0.39 is 17.7 Å². The molecule has 0 saturated heterocycles. The summed E-state index contributed by atoms with van der Waals surface area (Å²) in [7, 11) is 1.58. The number of halogens is 4. The quantitative estimate of drug-likeness (QED) is 0.221. The zero-order chi connectivity index (χ0) is 25.2. The number of rotatable bonds is 8. The van der Waals surface area contributed by atoms with Crippen LogP contribution in [0.3, 0.4) is 0 Å². The fraction of sp³-hybridized carbons (Fsp3) is 0.280. The van der Waals surface area contributed by atoms with Gasteiger partial charge in [-0.15, -0.1) is 0 Å². The van der Waals surface area contributed by atoms with Crippen molar-refractivity contribution in [1.82, 2.24) is 9.97 Å². The van der Waals surface area contributed by atoms with E-state index in [0.717, 1.165) is 44.6 Å². The number of alkyl halides is 3. The molecular weight excluding hydrogens is 480 g/mol. The van der Waals surface area contributed by atoms with Crippen LogP contribution in [-0.4, -0.2) is 29.7 Å². The molecule has 0 bridgehead atoms. The molecule has 0 aliphatic carbocycles. The molecule has 2 atom stereocenters. The van der Waals surface area contributed by atoms with E-state index in [2.05, 4.69) is 15.3 Å². The van der Waals surface area contributed by atoms with Gasteiger partial charge in [-0.2, -0.15) is 17.6 Å². The molecule has 0 aliphatic heterocycles.